The zero-order chi connectivity index (χ0) is 16.5. The Morgan fingerprint density at radius 2 is 1.46 bits per heavy atom. The normalized spacial score (nSPS) is 11.1. The van der Waals surface area contributed by atoms with Crippen molar-refractivity contribution < 1.29 is 0 Å². The SMILES string of the molecule is Cn1c(-c2ccccc2)c([Se]c2ccc(Cl)cc2)c2ccccc21. The molecule has 3 aromatic carbocycles. The van der Waals surface area contributed by atoms with Gasteiger partial charge in [0, 0.05) is 0 Å². The number of benzene rings is 3. The minimum atomic E-state index is 0.219. The average Bonchev–Trinajstić information content (AvgIpc) is 2.90. The Hall–Kier alpha value is -1.99. The summed E-state index contributed by atoms with van der Waals surface area (Å²) in [6, 6.07) is 27.5. The second-order valence-electron chi connectivity index (χ2n) is 5.68. The molecule has 0 aliphatic rings. The number of hydrogen-bond donors (Lipinski definition) is 0. The van der Waals surface area contributed by atoms with Crippen LogP contribution in [-0.4, -0.2) is 19.5 Å². The van der Waals surface area contributed by atoms with Crippen LogP contribution in [0.4, 0.5) is 0 Å². The number of rotatable bonds is 3. The van der Waals surface area contributed by atoms with Crippen molar-refractivity contribution in [1.29, 1.82) is 0 Å². The fourth-order valence-corrected chi connectivity index (χ4v) is 5.52. The van der Waals surface area contributed by atoms with Crippen LogP contribution in [0.2, 0.25) is 5.02 Å². The summed E-state index contributed by atoms with van der Waals surface area (Å²) >= 11 is 6.26. The molecular formula is C21H16ClNSe. The molecule has 1 heterocycles. The van der Waals surface area contributed by atoms with Crippen LogP contribution < -0.4 is 8.92 Å². The first-order valence-electron chi connectivity index (χ1n) is 7.80. The van der Waals surface area contributed by atoms with Gasteiger partial charge in [-0.05, 0) is 0 Å². The Morgan fingerprint density at radius 3 is 2.21 bits per heavy atom. The molecular weight excluding hydrogens is 381 g/mol. The molecule has 0 bridgehead atoms. The predicted molar refractivity (Wildman–Crippen MR) is 105 cm³/mol. The zero-order valence-corrected chi connectivity index (χ0v) is 15.7. The van der Waals surface area contributed by atoms with Gasteiger partial charge in [-0.1, -0.05) is 0 Å². The molecule has 0 saturated carbocycles. The van der Waals surface area contributed by atoms with Crippen LogP contribution in [0.3, 0.4) is 0 Å². The Labute approximate surface area is 153 Å². The van der Waals surface area contributed by atoms with Gasteiger partial charge in [0.2, 0.25) is 0 Å². The van der Waals surface area contributed by atoms with Crippen molar-refractivity contribution in [3.63, 3.8) is 0 Å². The molecule has 0 fully saturated rings. The van der Waals surface area contributed by atoms with Crippen molar-refractivity contribution in [2.24, 2.45) is 7.05 Å². The summed E-state index contributed by atoms with van der Waals surface area (Å²) in [5.41, 5.74) is 3.86. The molecule has 0 atom stereocenters. The van der Waals surface area contributed by atoms with E-state index in [9.17, 15) is 0 Å². The first kappa shape index (κ1) is 15.5. The molecule has 0 aliphatic carbocycles. The predicted octanol–water partition coefficient (Wildman–Crippen LogP) is 4.15. The summed E-state index contributed by atoms with van der Waals surface area (Å²) in [5, 5.41) is 2.13. The van der Waals surface area contributed by atoms with Gasteiger partial charge in [0.25, 0.3) is 0 Å². The maximum atomic E-state index is 6.04. The van der Waals surface area contributed by atoms with Gasteiger partial charge in [0.15, 0.2) is 0 Å². The van der Waals surface area contributed by atoms with Crippen LogP contribution in [-0.2, 0) is 7.05 Å². The number of aromatic nitrogens is 1. The summed E-state index contributed by atoms with van der Waals surface area (Å²) in [7, 11) is 2.16. The number of para-hydroxylation sites is 1. The molecule has 118 valence electrons. The van der Waals surface area contributed by atoms with Crippen molar-refractivity contribution >= 4 is 46.4 Å². The van der Waals surface area contributed by atoms with E-state index in [-0.39, 0.29) is 15.0 Å². The van der Waals surface area contributed by atoms with Crippen molar-refractivity contribution in [3.8, 4) is 11.3 Å². The second kappa shape index (κ2) is 6.49. The molecule has 0 radical (unpaired) electrons. The van der Waals surface area contributed by atoms with Crippen molar-refractivity contribution in [3.05, 3.63) is 83.9 Å². The Kier molecular flexibility index (Phi) is 4.20. The molecule has 1 aromatic heterocycles. The summed E-state index contributed by atoms with van der Waals surface area (Å²) in [5.74, 6) is 0. The van der Waals surface area contributed by atoms with Gasteiger partial charge in [0.1, 0.15) is 0 Å². The van der Waals surface area contributed by atoms with Crippen LogP contribution in [0.5, 0.6) is 0 Å². The van der Waals surface area contributed by atoms with Crippen molar-refractivity contribution in [1.82, 2.24) is 4.57 Å². The summed E-state index contributed by atoms with van der Waals surface area (Å²) < 4.78 is 5.08. The van der Waals surface area contributed by atoms with E-state index in [2.05, 4.69) is 78.3 Å². The number of nitrogens with zero attached hydrogens (tertiary/aromatic N) is 1. The second-order valence-corrected chi connectivity index (χ2v) is 8.39. The molecule has 4 rings (SSSR count). The molecule has 3 heteroatoms. The summed E-state index contributed by atoms with van der Waals surface area (Å²) in [6.45, 7) is 0. The number of halogens is 1. The van der Waals surface area contributed by atoms with E-state index in [1.54, 1.807) is 0 Å². The van der Waals surface area contributed by atoms with Crippen LogP contribution in [0, 0.1) is 0 Å². The van der Waals surface area contributed by atoms with Crippen LogP contribution in [0.1, 0.15) is 0 Å². The first-order valence-corrected chi connectivity index (χ1v) is 9.89. The third-order valence-electron chi connectivity index (χ3n) is 4.14. The van der Waals surface area contributed by atoms with E-state index in [1.165, 1.54) is 31.1 Å². The fourth-order valence-electron chi connectivity index (χ4n) is 3.00. The monoisotopic (exact) mass is 397 g/mol. The van der Waals surface area contributed by atoms with E-state index in [0.29, 0.717) is 0 Å². The average molecular weight is 397 g/mol. The van der Waals surface area contributed by atoms with Gasteiger partial charge in [-0.2, -0.15) is 0 Å². The van der Waals surface area contributed by atoms with E-state index in [0.717, 1.165) is 5.02 Å². The maximum absolute atomic E-state index is 6.04. The van der Waals surface area contributed by atoms with Gasteiger partial charge < -0.3 is 0 Å². The Balaban J connectivity index is 1.93. The van der Waals surface area contributed by atoms with Crippen LogP contribution in [0.25, 0.3) is 22.2 Å². The zero-order valence-electron chi connectivity index (χ0n) is 13.2. The molecule has 24 heavy (non-hydrogen) atoms. The van der Waals surface area contributed by atoms with Gasteiger partial charge in [0.05, 0.1) is 0 Å². The third kappa shape index (κ3) is 2.78. The standard InChI is InChI=1S/C21H16ClNSe/c1-23-19-10-6-5-9-18(19)21(20(23)15-7-3-2-4-8-15)24-17-13-11-16(22)12-14-17/h2-14H,1H3. The Morgan fingerprint density at radius 1 is 0.792 bits per heavy atom. The topological polar surface area (TPSA) is 4.93 Å². The molecule has 0 aliphatic heterocycles. The minimum absolute atomic E-state index is 0.219. The Bertz CT molecular complexity index is 988. The van der Waals surface area contributed by atoms with E-state index in [1.807, 2.05) is 12.1 Å². The van der Waals surface area contributed by atoms with Gasteiger partial charge in [-0.15, -0.1) is 0 Å². The van der Waals surface area contributed by atoms with Crippen LogP contribution >= 0.6 is 11.6 Å². The van der Waals surface area contributed by atoms with Crippen LogP contribution in [0.15, 0.2) is 78.9 Å². The van der Waals surface area contributed by atoms with E-state index >= 15 is 0 Å². The van der Waals surface area contributed by atoms with Gasteiger partial charge in [-0.25, -0.2) is 0 Å². The molecule has 1 nitrogen and oxygen atoms in total. The third-order valence-corrected chi connectivity index (χ3v) is 6.75. The molecule has 0 spiro atoms. The van der Waals surface area contributed by atoms with Gasteiger partial charge in [-0.3, -0.25) is 0 Å². The number of aryl methyl sites for hydroxylation is 1. The summed E-state index contributed by atoms with van der Waals surface area (Å²) in [4.78, 5) is 0. The van der Waals surface area contributed by atoms with Crippen molar-refractivity contribution in [2.75, 3.05) is 0 Å². The number of fused-ring (bicyclic) bond motifs is 1. The van der Waals surface area contributed by atoms with Gasteiger partial charge >= 0.3 is 153 Å². The molecule has 0 amide bonds. The summed E-state index contributed by atoms with van der Waals surface area (Å²) in [6.07, 6.45) is 0. The van der Waals surface area contributed by atoms with E-state index in [4.69, 9.17) is 11.6 Å². The quantitative estimate of drug-likeness (QED) is 0.458. The molecule has 0 N–H and O–H groups in total. The first-order chi connectivity index (χ1) is 11.7. The molecule has 0 unspecified atom stereocenters. The molecule has 0 saturated heterocycles. The fraction of sp³-hybridized carbons (Fsp3) is 0.0476. The number of hydrogen-bond acceptors (Lipinski definition) is 0. The van der Waals surface area contributed by atoms with Crippen molar-refractivity contribution in [2.45, 2.75) is 0 Å². The van der Waals surface area contributed by atoms with E-state index < -0.39 is 0 Å². The molecule has 4 aromatic rings.